The molecule has 0 saturated carbocycles. The van der Waals surface area contributed by atoms with Crippen LogP contribution < -0.4 is 3.61 Å². The number of fused-ring (bicyclic) bond motifs is 1. The number of rotatable bonds is 11. The monoisotopic (exact) mass is 412 g/mol. The summed E-state index contributed by atoms with van der Waals surface area (Å²) < 4.78 is 3.12. The zero-order chi connectivity index (χ0) is 15.5. The summed E-state index contributed by atoms with van der Waals surface area (Å²) in [7, 11) is 0. The van der Waals surface area contributed by atoms with Gasteiger partial charge in [-0.3, -0.25) is 0 Å². The molecule has 2 aromatic carbocycles. The fourth-order valence-corrected chi connectivity index (χ4v) is 6.01. The Bertz CT molecular complexity index is 527. The quantitative estimate of drug-likeness (QED) is 0.310. The third-order valence-electron chi connectivity index (χ3n) is 4.26. The number of hydrogen-bond donors (Lipinski definition) is 0. The first-order valence-electron chi connectivity index (χ1n) is 9.02. The molecule has 0 atom stereocenters. The van der Waals surface area contributed by atoms with Crippen LogP contribution in [-0.4, -0.2) is 20.9 Å². The minimum absolute atomic E-state index is 0.000294. The predicted molar refractivity (Wildman–Crippen MR) is 101 cm³/mol. The Morgan fingerprint density at radius 1 is 0.682 bits per heavy atom. The molecule has 0 aliphatic rings. The number of benzene rings is 2. The molecule has 0 aliphatic heterocycles. The van der Waals surface area contributed by atoms with Crippen molar-refractivity contribution in [1.29, 1.82) is 0 Å². The summed E-state index contributed by atoms with van der Waals surface area (Å²) in [5.74, 6) is 0. The summed E-state index contributed by atoms with van der Waals surface area (Å²) in [6.45, 7) is 2.29. The van der Waals surface area contributed by atoms with Gasteiger partial charge in [0.25, 0.3) is 0 Å². The average Bonchev–Trinajstić information content (AvgIpc) is 2.56. The second kappa shape index (κ2) is 11.1. The van der Waals surface area contributed by atoms with Crippen LogP contribution in [0.4, 0.5) is 0 Å². The second-order valence-corrected chi connectivity index (χ2v) is 9.40. The van der Waals surface area contributed by atoms with E-state index in [0.29, 0.717) is 0 Å². The Kier molecular flexibility index (Phi) is 8.99. The Balaban J connectivity index is 1.59. The van der Waals surface area contributed by atoms with Gasteiger partial charge in [-0.05, 0) is 0 Å². The standard InChI is InChI=1S/C21H30Te/c1-2-3-4-5-6-7-8-9-12-18-22-21-17-13-15-19-14-10-11-16-20(19)21/h10-11,13-17H,2-9,12,18H2,1H3. The Morgan fingerprint density at radius 2 is 1.32 bits per heavy atom. The molecule has 0 nitrogen and oxygen atoms in total. The maximum atomic E-state index is 2.36. The van der Waals surface area contributed by atoms with Gasteiger partial charge in [-0.15, -0.1) is 0 Å². The minimum atomic E-state index is 0.000294. The molecule has 0 heterocycles. The Morgan fingerprint density at radius 3 is 2.09 bits per heavy atom. The van der Waals surface area contributed by atoms with Crippen LogP contribution in [0.5, 0.6) is 0 Å². The molecular weight excluding hydrogens is 380 g/mol. The summed E-state index contributed by atoms with van der Waals surface area (Å²) >= 11 is 0.000294. The molecule has 0 spiro atoms. The zero-order valence-corrected chi connectivity index (χ0v) is 16.4. The van der Waals surface area contributed by atoms with Gasteiger partial charge < -0.3 is 0 Å². The molecule has 0 fully saturated rings. The maximum absolute atomic E-state index is 2.36. The van der Waals surface area contributed by atoms with Crippen molar-refractivity contribution in [2.45, 2.75) is 69.2 Å². The Hall–Kier alpha value is -0.510. The normalized spacial score (nSPS) is 11.1. The van der Waals surface area contributed by atoms with E-state index in [0.717, 1.165) is 0 Å². The van der Waals surface area contributed by atoms with E-state index in [1.807, 2.05) is 0 Å². The second-order valence-electron chi connectivity index (χ2n) is 6.15. The van der Waals surface area contributed by atoms with E-state index in [9.17, 15) is 0 Å². The van der Waals surface area contributed by atoms with Crippen LogP contribution >= 0.6 is 0 Å². The SMILES string of the molecule is CCCCCCCCCCC[Te]c1cccc2ccccc12. The topological polar surface area (TPSA) is 0 Å². The van der Waals surface area contributed by atoms with E-state index in [1.165, 1.54) is 73.0 Å². The number of hydrogen-bond acceptors (Lipinski definition) is 0. The molecular formula is C21H30Te. The molecule has 0 bridgehead atoms. The third kappa shape index (κ3) is 6.31. The van der Waals surface area contributed by atoms with Crippen molar-refractivity contribution >= 4 is 35.3 Å². The van der Waals surface area contributed by atoms with Crippen molar-refractivity contribution in [3.8, 4) is 0 Å². The summed E-state index contributed by atoms with van der Waals surface area (Å²) in [6.07, 6.45) is 13.0. The van der Waals surface area contributed by atoms with Gasteiger partial charge >= 0.3 is 147 Å². The molecule has 0 aromatic heterocycles. The molecule has 1 heteroatoms. The molecule has 2 aromatic rings. The van der Waals surface area contributed by atoms with E-state index < -0.39 is 0 Å². The van der Waals surface area contributed by atoms with Crippen molar-refractivity contribution in [2.24, 2.45) is 0 Å². The van der Waals surface area contributed by atoms with E-state index >= 15 is 0 Å². The van der Waals surface area contributed by atoms with Crippen LogP contribution in [0.3, 0.4) is 0 Å². The molecule has 0 amide bonds. The van der Waals surface area contributed by atoms with Crippen molar-refractivity contribution in [3.05, 3.63) is 42.5 Å². The van der Waals surface area contributed by atoms with Crippen LogP contribution in [0.25, 0.3) is 10.8 Å². The first kappa shape index (κ1) is 17.8. The fraction of sp³-hybridized carbons (Fsp3) is 0.524. The molecule has 120 valence electrons. The molecule has 0 N–H and O–H groups in total. The summed E-state index contributed by atoms with van der Waals surface area (Å²) in [5, 5.41) is 2.92. The summed E-state index contributed by atoms with van der Waals surface area (Å²) in [6, 6.07) is 15.7. The number of unbranched alkanes of at least 4 members (excludes halogenated alkanes) is 8. The van der Waals surface area contributed by atoms with Gasteiger partial charge in [0, 0.05) is 0 Å². The molecule has 22 heavy (non-hydrogen) atoms. The van der Waals surface area contributed by atoms with Crippen LogP contribution in [-0.2, 0) is 0 Å². The van der Waals surface area contributed by atoms with Gasteiger partial charge in [0.2, 0.25) is 0 Å². The van der Waals surface area contributed by atoms with Crippen molar-refractivity contribution in [3.63, 3.8) is 0 Å². The van der Waals surface area contributed by atoms with E-state index in [-0.39, 0.29) is 20.9 Å². The predicted octanol–water partition coefficient (Wildman–Crippen LogP) is 6.12. The molecule has 2 rings (SSSR count). The van der Waals surface area contributed by atoms with Gasteiger partial charge in [0.05, 0.1) is 0 Å². The van der Waals surface area contributed by atoms with Gasteiger partial charge in [-0.1, -0.05) is 0 Å². The van der Waals surface area contributed by atoms with Crippen LogP contribution in [0, 0.1) is 0 Å². The summed E-state index contributed by atoms with van der Waals surface area (Å²) in [4.78, 5) is 0. The van der Waals surface area contributed by atoms with Crippen LogP contribution in [0.15, 0.2) is 42.5 Å². The van der Waals surface area contributed by atoms with E-state index in [2.05, 4.69) is 49.4 Å². The van der Waals surface area contributed by atoms with Gasteiger partial charge in [0.1, 0.15) is 0 Å². The molecule has 0 saturated heterocycles. The van der Waals surface area contributed by atoms with Crippen LogP contribution in [0.1, 0.15) is 64.7 Å². The van der Waals surface area contributed by atoms with Gasteiger partial charge in [0.15, 0.2) is 0 Å². The average molecular weight is 410 g/mol. The first-order valence-corrected chi connectivity index (χ1v) is 11.8. The summed E-state index contributed by atoms with van der Waals surface area (Å²) in [5.41, 5.74) is 0. The Labute approximate surface area is 146 Å². The van der Waals surface area contributed by atoms with Crippen molar-refractivity contribution in [2.75, 3.05) is 0 Å². The van der Waals surface area contributed by atoms with Gasteiger partial charge in [-0.2, -0.15) is 0 Å². The molecule has 0 unspecified atom stereocenters. The molecule has 0 aliphatic carbocycles. The van der Waals surface area contributed by atoms with Crippen LogP contribution in [0.2, 0.25) is 4.47 Å². The van der Waals surface area contributed by atoms with Crippen molar-refractivity contribution < 1.29 is 0 Å². The van der Waals surface area contributed by atoms with E-state index in [4.69, 9.17) is 0 Å². The van der Waals surface area contributed by atoms with E-state index in [1.54, 1.807) is 3.61 Å². The van der Waals surface area contributed by atoms with Crippen molar-refractivity contribution in [1.82, 2.24) is 0 Å². The first-order chi connectivity index (χ1) is 10.9. The molecule has 0 radical (unpaired) electrons. The zero-order valence-electron chi connectivity index (χ0n) is 14.0. The fourth-order valence-electron chi connectivity index (χ4n) is 2.92. The third-order valence-corrected chi connectivity index (χ3v) is 7.57. The van der Waals surface area contributed by atoms with Gasteiger partial charge in [-0.25, -0.2) is 0 Å².